The largest absolute Gasteiger partial charge is 0.573 e. The number of hydrogen-bond donors (Lipinski definition) is 1. The third-order valence-electron chi connectivity index (χ3n) is 3.53. The molecule has 2 aromatic carbocycles. The van der Waals surface area contributed by atoms with Gasteiger partial charge in [-0.3, -0.25) is 4.79 Å². The van der Waals surface area contributed by atoms with Crippen molar-refractivity contribution in [3.05, 3.63) is 59.1 Å². The van der Waals surface area contributed by atoms with Crippen LogP contribution in [0.15, 0.2) is 53.4 Å². The molecule has 0 heterocycles. The predicted octanol–water partition coefficient (Wildman–Crippen LogP) is 3.82. The Morgan fingerprint density at radius 1 is 1.18 bits per heavy atom. The molecule has 1 atom stereocenters. The highest BCUT2D eigenvalue weighted by atomic mass is 35.5. The first-order valence-corrected chi connectivity index (χ1v) is 9.57. The summed E-state index contributed by atoms with van der Waals surface area (Å²) in [7, 11) is -3.18. The van der Waals surface area contributed by atoms with Gasteiger partial charge in [0.1, 0.15) is 5.75 Å². The van der Waals surface area contributed by atoms with Crippen LogP contribution in [-0.2, 0) is 19.6 Å². The summed E-state index contributed by atoms with van der Waals surface area (Å²) in [5.41, 5.74) is 0.306. The zero-order valence-corrected chi connectivity index (χ0v) is 15.9. The Morgan fingerprint density at radius 2 is 1.86 bits per heavy atom. The van der Waals surface area contributed by atoms with Crippen LogP contribution in [0.1, 0.15) is 18.0 Å². The highest BCUT2D eigenvalue weighted by Crippen LogP contribution is 2.29. The number of carbonyl (C=O) groups is 1. The number of nitrogens with one attached hydrogen (secondary N) is 1. The molecule has 0 aliphatic heterocycles. The number of alkyl halides is 3. The van der Waals surface area contributed by atoms with E-state index in [0.29, 0.717) is 5.56 Å². The number of halogens is 4. The normalized spacial score (nSPS) is 13.0. The van der Waals surface area contributed by atoms with Gasteiger partial charge in [0.2, 0.25) is 10.0 Å². The lowest BCUT2D eigenvalue weighted by molar-refractivity contribution is -0.274. The lowest BCUT2D eigenvalue weighted by Gasteiger charge is -2.19. The third kappa shape index (κ3) is 6.11. The molecule has 0 saturated carbocycles. The third-order valence-corrected chi connectivity index (χ3v) is 5.34. The first kappa shape index (κ1) is 22.0. The van der Waals surface area contributed by atoms with Crippen LogP contribution in [0.5, 0.6) is 5.75 Å². The summed E-state index contributed by atoms with van der Waals surface area (Å²) in [6.07, 6.45) is -5.35. The number of benzene rings is 2. The van der Waals surface area contributed by atoms with Gasteiger partial charge in [0.25, 0.3) is 0 Å². The van der Waals surface area contributed by atoms with Crippen LogP contribution in [0.25, 0.3) is 0 Å². The van der Waals surface area contributed by atoms with Crippen molar-refractivity contribution in [1.82, 2.24) is 4.72 Å². The minimum absolute atomic E-state index is 0.202. The molecule has 0 amide bonds. The molecular formula is C17H15ClF3NO5S. The van der Waals surface area contributed by atoms with Crippen LogP contribution in [0, 0.1) is 0 Å². The first-order valence-electron chi connectivity index (χ1n) is 7.71. The minimum Gasteiger partial charge on any atom is -0.469 e. The molecule has 152 valence electrons. The molecule has 0 aliphatic rings. The zero-order chi connectivity index (χ0) is 20.9. The summed E-state index contributed by atoms with van der Waals surface area (Å²) in [5, 5.41) is 0.202. The molecule has 2 aromatic rings. The maximum Gasteiger partial charge on any atom is 0.573 e. The molecule has 0 bridgehead atoms. The van der Waals surface area contributed by atoms with Gasteiger partial charge in [-0.15, -0.1) is 13.2 Å². The van der Waals surface area contributed by atoms with Gasteiger partial charge in [0.05, 0.1) is 24.5 Å². The number of rotatable bonds is 7. The number of methoxy groups -OCH3 is 1. The lowest BCUT2D eigenvalue weighted by Crippen LogP contribution is -2.31. The quantitative estimate of drug-likeness (QED) is 0.666. The van der Waals surface area contributed by atoms with E-state index in [1.807, 2.05) is 0 Å². The van der Waals surface area contributed by atoms with E-state index in [1.54, 1.807) is 12.1 Å². The fraction of sp³-hybridized carbons (Fsp3) is 0.235. The van der Waals surface area contributed by atoms with E-state index in [4.69, 9.17) is 11.6 Å². The van der Waals surface area contributed by atoms with Gasteiger partial charge in [-0.05, 0) is 23.8 Å². The van der Waals surface area contributed by atoms with Gasteiger partial charge in [-0.2, -0.15) is 0 Å². The van der Waals surface area contributed by atoms with E-state index in [-0.39, 0.29) is 11.4 Å². The molecule has 1 unspecified atom stereocenters. The number of hydrogen-bond acceptors (Lipinski definition) is 5. The summed E-state index contributed by atoms with van der Waals surface area (Å²) in [4.78, 5) is 11.2. The monoisotopic (exact) mass is 437 g/mol. The molecule has 11 heteroatoms. The van der Waals surface area contributed by atoms with E-state index in [2.05, 4.69) is 14.2 Å². The molecule has 0 aromatic heterocycles. The SMILES string of the molecule is COC(=O)CC(NS(=O)(=O)c1cccc(OC(F)(F)F)c1)c1ccccc1Cl. The Kier molecular flexibility index (Phi) is 6.91. The molecule has 0 fully saturated rings. The Balaban J connectivity index is 2.36. The van der Waals surface area contributed by atoms with Crippen LogP contribution in [-0.4, -0.2) is 27.9 Å². The Hall–Kier alpha value is -2.30. The summed E-state index contributed by atoms with van der Waals surface area (Å²) in [6.45, 7) is 0. The van der Waals surface area contributed by atoms with Gasteiger partial charge in [-0.25, -0.2) is 13.1 Å². The second-order valence-electron chi connectivity index (χ2n) is 5.50. The number of carbonyl (C=O) groups excluding carboxylic acids is 1. The second-order valence-corrected chi connectivity index (χ2v) is 7.62. The number of sulfonamides is 1. The van der Waals surface area contributed by atoms with Gasteiger partial charge < -0.3 is 9.47 Å². The van der Waals surface area contributed by atoms with Crippen molar-refractivity contribution in [3.63, 3.8) is 0 Å². The van der Waals surface area contributed by atoms with Gasteiger partial charge in [-0.1, -0.05) is 35.9 Å². The first-order chi connectivity index (χ1) is 13.0. The topological polar surface area (TPSA) is 81.7 Å². The molecule has 28 heavy (non-hydrogen) atoms. The van der Waals surface area contributed by atoms with Crippen LogP contribution in [0.2, 0.25) is 5.02 Å². The minimum atomic E-state index is -4.97. The van der Waals surface area contributed by atoms with Crippen molar-refractivity contribution in [2.75, 3.05) is 7.11 Å². The standard InChI is InChI=1S/C17H15ClF3NO5S/c1-26-16(23)10-15(13-7-2-3-8-14(13)18)22-28(24,25)12-6-4-5-11(9-12)27-17(19,20)21/h2-9,15,22H,10H2,1H3. The zero-order valence-electron chi connectivity index (χ0n) is 14.4. The smallest absolute Gasteiger partial charge is 0.469 e. The highest BCUT2D eigenvalue weighted by molar-refractivity contribution is 7.89. The predicted molar refractivity (Wildman–Crippen MR) is 94.3 cm³/mol. The van der Waals surface area contributed by atoms with E-state index < -0.39 is 39.0 Å². The van der Waals surface area contributed by atoms with Crippen molar-refractivity contribution in [3.8, 4) is 5.75 Å². The van der Waals surface area contributed by atoms with E-state index in [9.17, 15) is 26.4 Å². The maximum atomic E-state index is 12.7. The Labute approximate surface area is 164 Å². The van der Waals surface area contributed by atoms with Crippen LogP contribution >= 0.6 is 11.6 Å². The van der Waals surface area contributed by atoms with Crippen molar-refractivity contribution < 1.29 is 35.9 Å². The maximum absolute atomic E-state index is 12.7. The Morgan fingerprint density at radius 3 is 2.46 bits per heavy atom. The van der Waals surface area contributed by atoms with Crippen molar-refractivity contribution in [1.29, 1.82) is 0 Å². The number of esters is 1. The van der Waals surface area contributed by atoms with Crippen LogP contribution in [0.4, 0.5) is 13.2 Å². The average molecular weight is 438 g/mol. The average Bonchev–Trinajstić information content (AvgIpc) is 2.60. The van der Waals surface area contributed by atoms with Crippen molar-refractivity contribution in [2.24, 2.45) is 0 Å². The van der Waals surface area contributed by atoms with E-state index in [1.165, 1.54) is 12.1 Å². The second kappa shape index (κ2) is 8.80. The molecule has 0 spiro atoms. The molecule has 2 rings (SSSR count). The molecule has 0 radical (unpaired) electrons. The summed E-state index contributed by atoms with van der Waals surface area (Å²) in [6, 6.07) is 9.01. The lowest BCUT2D eigenvalue weighted by atomic mass is 10.1. The number of ether oxygens (including phenoxy) is 2. The Bertz CT molecular complexity index is 950. The summed E-state index contributed by atoms with van der Waals surface area (Å²) in [5.74, 6) is -1.40. The molecule has 0 aliphatic carbocycles. The molecule has 0 saturated heterocycles. The molecule has 6 nitrogen and oxygen atoms in total. The molecule has 1 N–H and O–H groups in total. The van der Waals surface area contributed by atoms with E-state index >= 15 is 0 Å². The fourth-order valence-corrected chi connectivity index (χ4v) is 3.83. The highest BCUT2D eigenvalue weighted by Gasteiger charge is 2.32. The van der Waals surface area contributed by atoms with Gasteiger partial charge in [0.15, 0.2) is 0 Å². The van der Waals surface area contributed by atoms with Gasteiger partial charge in [0, 0.05) is 11.1 Å². The van der Waals surface area contributed by atoms with Crippen molar-refractivity contribution >= 4 is 27.6 Å². The fourth-order valence-electron chi connectivity index (χ4n) is 2.32. The van der Waals surface area contributed by atoms with E-state index in [0.717, 1.165) is 31.4 Å². The van der Waals surface area contributed by atoms with Crippen LogP contribution < -0.4 is 9.46 Å². The summed E-state index contributed by atoms with van der Waals surface area (Å²) >= 11 is 6.09. The summed E-state index contributed by atoms with van der Waals surface area (Å²) < 4.78 is 73.1. The van der Waals surface area contributed by atoms with Crippen LogP contribution in [0.3, 0.4) is 0 Å². The molecular weight excluding hydrogens is 423 g/mol. The van der Waals surface area contributed by atoms with Crippen molar-refractivity contribution in [2.45, 2.75) is 23.7 Å². The van der Waals surface area contributed by atoms with Gasteiger partial charge >= 0.3 is 12.3 Å².